The van der Waals surface area contributed by atoms with Gasteiger partial charge in [-0.1, -0.05) is 12.8 Å². The molecule has 1 aliphatic carbocycles. The maximum Gasteiger partial charge on any atom is 0.230 e. The maximum absolute atomic E-state index is 12.7. The van der Waals surface area contributed by atoms with Crippen molar-refractivity contribution in [3.63, 3.8) is 0 Å². The molecule has 122 valence electrons. The zero-order chi connectivity index (χ0) is 15.6. The van der Waals surface area contributed by atoms with Crippen molar-refractivity contribution in [3.05, 3.63) is 11.6 Å². The summed E-state index contributed by atoms with van der Waals surface area (Å²) in [5, 5.41) is 4.91. The van der Waals surface area contributed by atoms with Gasteiger partial charge in [0.15, 0.2) is 5.13 Å². The number of amides is 1. The third-order valence-electron chi connectivity index (χ3n) is 4.50. The van der Waals surface area contributed by atoms with E-state index in [1.165, 1.54) is 11.3 Å². The molecule has 1 aromatic heterocycles. The highest BCUT2D eigenvalue weighted by atomic mass is 32.2. The number of piperidine rings is 1. The monoisotopic (exact) mass is 343 g/mol. The zero-order valence-corrected chi connectivity index (χ0v) is 14.0. The quantitative estimate of drug-likeness (QED) is 0.907. The lowest BCUT2D eigenvalue weighted by Crippen LogP contribution is -2.46. The van der Waals surface area contributed by atoms with Gasteiger partial charge in [-0.2, -0.15) is 0 Å². The van der Waals surface area contributed by atoms with E-state index in [-0.39, 0.29) is 17.1 Å². The maximum atomic E-state index is 12.7. The van der Waals surface area contributed by atoms with Crippen molar-refractivity contribution >= 4 is 32.4 Å². The molecule has 3 rings (SSSR count). The highest BCUT2D eigenvalue weighted by Gasteiger charge is 2.38. The average Bonchev–Trinajstić information content (AvgIpc) is 3.21. The van der Waals surface area contributed by atoms with Gasteiger partial charge < -0.3 is 5.32 Å². The van der Waals surface area contributed by atoms with Crippen LogP contribution < -0.4 is 5.32 Å². The SMILES string of the molecule is O=C(Nc1nccs1)C1CCCN(S(=O)(=O)C2CCCC2)C1. The molecule has 1 saturated heterocycles. The molecule has 1 saturated carbocycles. The van der Waals surface area contributed by atoms with Crippen LogP contribution in [0.25, 0.3) is 0 Å². The normalized spacial score (nSPS) is 24.5. The largest absolute Gasteiger partial charge is 0.302 e. The molecule has 2 heterocycles. The molecular formula is C14H21N3O3S2. The van der Waals surface area contributed by atoms with E-state index in [4.69, 9.17) is 0 Å². The van der Waals surface area contributed by atoms with Crippen molar-refractivity contribution in [2.75, 3.05) is 18.4 Å². The molecule has 1 N–H and O–H groups in total. The lowest BCUT2D eigenvalue weighted by Gasteiger charge is -2.32. The minimum atomic E-state index is -3.25. The van der Waals surface area contributed by atoms with Gasteiger partial charge >= 0.3 is 0 Å². The van der Waals surface area contributed by atoms with Gasteiger partial charge in [0, 0.05) is 24.7 Å². The molecule has 1 unspecified atom stereocenters. The first-order valence-corrected chi connectivity index (χ1v) is 10.1. The summed E-state index contributed by atoms with van der Waals surface area (Å²) < 4.78 is 26.9. The van der Waals surface area contributed by atoms with Crippen LogP contribution in [-0.4, -0.2) is 42.0 Å². The van der Waals surface area contributed by atoms with Crippen LogP contribution in [0, 0.1) is 5.92 Å². The predicted molar refractivity (Wildman–Crippen MR) is 86.2 cm³/mol. The molecular weight excluding hydrogens is 322 g/mol. The minimum Gasteiger partial charge on any atom is -0.302 e. The van der Waals surface area contributed by atoms with Gasteiger partial charge in [0.2, 0.25) is 15.9 Å². The number of anilines is 1. The fraction of sp³-hybridized carbons (Fsp3) is 0.714. The minimum absolute atomic E-state index is 0.124. The molecule has 0 radical (unpaired) electrons. The van der Waals surface area contributed by atoms with E-state index in [2.05, 4.69) is 10.3 Å². The number of hydrogen-bond donors (Lipinski definition) is 1. The van der Waals surface area contributed by atoms with E-state index in [0.717, 1.165) is 38.5 Å². The zero-order valence-electron chi connectivity index (χ0n) is 12.4. The van der Waals surface area contributed by atoms with E-state index < -0.39 is 10.0 Å². The Morgan fingerprint density at radius 1 is 1.27 bits per heavy atom. The Hall–Kier alpha value is -0.990. The lowest BCUT2D eigenvalue weighted by atomic mass is 9.99. The molecule has 2 aliphatic rings. The molecule has 1 aliphatic heterocycles. The number of aromatic nitrogens is 1. The number of nitrogens with zero attached hydrogens (tertiary/aromatic N) is 2. The summed E-state index contributed by atoms with van der Waals surface area (Å²) in [6.07, 6.45) is 6.61. The number of sulfonamides is 1. The van der Waals surface area contributed by atoms with Gasteiger partial charge in [-0.15, -0.1) is 11.3 Å². The van der Waals surface area contributed by atoms with E-state index in [1.807, 2.05) is 0 Å². The van der Waals surface area contributed by atoms with Gasteiger partial charge in [-0.25, -0.2) is 17.7 Å². The number of rotatable bonds is 4. The average molecular weight is 343 g/mol. The Morgan fingerprint density at radius 2 is 2.05 bits per heavy atom. The molecule has 0 spiro atoms. The third kappa shape index (κ3) is 3.33. The summed E-state index contributed by atoms with van der Waals surface area (Å²) in [4.78, 5) is 16.3. The van der Waals surface area contributed by atoms with E-state index in [0.29, 0.717) is 18.2 Å². The van der Waals surface area contributed by atoms with Crippen LogP contribution in [0.3, 0.4) is 0 Å². The summed E-state index contributed by atoms with van der Waals surface area (Å²) in [6.45, 7) is 0.843. The molecule has 22 heavy (non-hydrogen) atoms. The molecule has 0 bridgehead atoms. The fourth-order valence-corrected chi connectivity index (χ4v) is 5.93. The lowest BCUT2D eigenvalue weighted by molar-refractivity contribution is -0.120. The summed E-state index contributed by atoms with van der Waals surface area (Å²) in [7, 11) is -3.25. The first kappa shape index (κ1) is 15.9. The first-order valence-electron chi connectivity index (χ1n) is 7.76. The van der Waals surface area contributed by atoms with Crippen LogP contribution in [0.5, 0.6) is 0 Å². The molecule has 0 aromatic carbocycles. The molecule has 1 atom stereocenters. The smallest absolute Gasteiger partial charge is 0.230 e. The van der Waals surface area contributed by atoms with E-state index >= 15 is 0 Å². The Balaban J connectivity index is 1.64. The number of carbonyl (C=O) groups excluding carboxylic acids is 1. The van der Waals surface area contributed by atoms with Crippen LogP contribution in [0.15, 0.2) is 11.6 Å². The molecule has 6 nitrogen and oxygen atoms in total. The van der Waals surface area contributed by atoms with Crippen LogP contribution >= 0.6 is 11.3 Å². The Morgan fingerprint density at radius 3 is 2.73 bits per heavy atom. The Kier molecular flexibility index (Phi) is 4.79. The van der Waals surface area contributed by atoms with Crippen LogP contribution in [0.1, 0.15) is 38.5 Å². The summed E-state index contributed by atoms with van der Waals surface area (Å²) >= 11 is 1.37. The fourth-order valence-electron chi connectivity index (χ4n) is 3.28. The second-order valence-corrected chi connectivity index (χ2v) is 9.08. The van der Waals surface area contributed by atoms with Gasteiger partial charge in [0.05, 0.1) is 11.2 Å². The van der Waals surface area contributed by atoms with Gasteiger partial charge in [0.25, 0.3) is 0 Å². The summed E-state index contributed by atoms with van der Waals surface area (Å²) in [6, 6.07) is 0. The van der Waals surface area contributed by atoms with Crippen molar-refractivity contribution in [1.29, 1.82) is 0 Å². The highest BCUT2D eigenvalue weighted by Crippen LogP contribution is 2.30. The number of thiazole rings is 1. The molecule has 2 fully saturated rings. The van der Waals surface area contributed by atoms with Gasteiger partial charge in [-0.05, 0) is 25.7 Å². The predicted octanol–water partition coefficient (Wildman–Crippen LogP) is 2.07. The summed E-state index contributed by atoms with van der Waals surface area (Å²) in [5.74, 6) is -0.407. The van der Waals surface area contributed by atoms with Crippen LogP contribution in [-0.2, 0) is 14.8 Å². The topological polar surface area (TPSA) is 79.4 Å². The van der Waals surface area contributed by atoms with E-state index in [1.54, 1.807) is 15.9 Å². The third-order valence-corrected chi connectivity index (χ3v) is 7.55. The Bertz CT molecular complexity index is 609. The van der Waals surface area contributed by atoms with Crippen molar-refractivity contribution in [2.45, 2.75) is 43.8 Å². The van der Waals surface area contributed by atoms with E-state index in [9.17, 15) is 13.2 Å². The van der Waals surface area contributed by atoms with Gasteiger partial charge in [0.1, 0.15) is 0 Å². The van der Waals surface area contributed by atoms with Crippen molar-refractivity contribution < 1.29 is 13.2 Å². The second-order valence-electron chi connectivity index (χ2n) is 5.98. The highest BCUT2D eigenvalue weighted by molar-refractivity contribution is 7.89. The standard InChI is InChI=1S/C14H21N3O3S2/c18-13(16-14-15-7-9-21-14)11-4-3-8-17(10-11)22(19,20)12-5-1-2-6-12/h7,9,11-12H,1-6,8,10H2,(H,15,16,18). The van der Waals surface area contributed by atoms with Crippen LogP contribution in [0.4, 0.5) is 5.13 Å². The van der Waals surface area contributed by atoms with Crippen LogP contribution in [0.2, 0.25) is 0 Å². The first-order chi connectivity index (χ1) is 10.6. The molecule has 1 amide bonds. The van der Waals surface area contributed by atoms with Gasteiger partial charge in [-0.3, -0.25) is 4.79 Å². The molecule has 1 aromatic rings. The van der Waals surface area contributed by atoms with Crippen molar-refractivity contribution in [2.24, 2.45) is 5.92 Å². The van der Waals surface area contributed by atoms with Crippen molar-refractivity contribution in [1.82, 2.24) is 9.29 Å². The number of nitrogens with one attached hydrogen (secondary N) is 1. The van der Waals surface area contributed by atoms with Crippen molar-refractivity contribution in [3.8, 4) is 0 Å². The molecule has 8 heteroatoms. The summed E-state index contributed by atoms with van der Waals surface area (Å²) in [5.41, 5.74) is 0. The number of carbonyl (C=O) groups is 1. The Labute approximate surface area is 135 Å². The number of hydrogen-bond acceptors (Lipinski definition) is 5. The second kappa shape index (κ2) is 6.64.